The van der Waals surface area contributed by atoms with Crippen LogP contribution in [0.5, 0.6) is 5.75 Å². The van der Waals surface area contributed by atoms with Gasteiger partial charge in [-0.3, -0.25) is 0 Å². The molecule has 2 heterocycles. The average molecular weight is 249 g/mol. The summed E-state index contributed by atoms with van der Waals surface area (Å²) in [4.78, 5) is 0. The first-order valence-electron chi connectivity index (χ1n) is 6.08. The van der Waals surface area contributed by atoms with E-state index in [2.05, 4.69) is 11.0 Å². The third-order valence-electron chi connectivity index (χ3n) is 3.31. The van der Waals surface area contributed by atoms with Gasteiger partial charge in [-0.2, -0.15) is 0 Å². The molecule has 0 spiro atoms. The normalized spacial score (nSPS) is 22.1. The highest BCUT2D eigenvalue weighted by Gasteiger charge is 2.22. The van der Waals surface area contributed by atoms with E-state index in [4.69, 9.17) is 4.74 Å². The summed E-state index contributed by atoms with van der Waals surface area (Å²) in [5.74, 6) is -0.409. The van der Waals surface area contributed by atoms with Crippen molar-refractivity contribution in [2.45, 2.75) is 12.8 Å². The van der Waals surface area contributed by atoms with Gasteiger partial charge in [0, 0.05) is 24.1 Å². The maximum Gasteiger partial charge on any atom is 0.162 e. The zero-order chi connectivity index (χ0) is 12.5. The highest BCUT2D eigenvalue weighted by molar-refractivity contribution is 5.60. The number of rotatable bonds is 1. The molecule has 4 heteroatoms. The molecule has 0 amide bonds. The summed E-state index contributed by atoms with van der Waals surface area (Å²) < 4.78 is 31.9. The molecule has 2 aliphatic heterocycles. The number of benzene rings is 1. The monoisotopic (exact) mass is 249 g/mol. The largest absolute Gasteiger partial charge is 0.452 e. The third kappa shape index (κ3) is 2.05. The second-order valence-electron chi connectivity index (χ2n) is 4.60. The van der Waals surface area contributed by atoms with Crippen molar-refractivity contribution in [3.8, 4) is 5.75 Å². The van der Waals surface area contributed by atoms with Crippen molar-refractivity contribution in [1.29, 1.82) is 0 Å². The van der Waals surface area contributed by atoms with E-state index in [1.807, 2.05) is 0 Å². The average Bonchev–Trinajstić information content (AvgIpc) is 2.41. The lowest BCUT2D eigenvalue weighted by atomic mass is 9.96. The number of hydrogen-bond acceptors (Lipinski definition) is 2. The number of ether oxygens (including phenoxy) is 1. The Kier molecular flexibility index (Phi) is 2.90. The van der Waals surface area contributed by atoms with Crippen molar-refractivity contribution in [3.63, 3.8) is 0 Å². The number of hydrogen-bond donors (Lipinski definition) is 1. The van der Waals surface area contributed by atoms with Crippen molar-refractivity contribution < 1.29 is 13.5 Å². The summed E-state index contributed by atoms with van der Waals surface area (Å²) in [6.07, 6.45) is 3.78. The Morgan fingerprint density at radius 1 is 1.28 bits per heavy atom. The summed E-state index contributed by atoms with van der Waals surface area (Å²) in [5.41, 5.74) is 3.56. The fourth-order valence-electron chi connectivity index (χ4n) is 2.32. The van der Waals surface area contributed by atoms with Gasteiger partial charge >= 0.3 is 0 Å². The van der Waals surface area contributed by atoms with Crippen molar-refractivity contribution in [1.82, 2.24) is 5.32 Å². The van der Waals surface area contributed by atoms with Gasteiger partial charge in [0.05, 0.1) is 0 Å². The molecule has 1 fully saturated rings. The van der Waals surface area contributed by atoms with Gasteiger partial charge < -0.3 is 10.1 Å². The third-order valence-corrected chi connectivity index (χ3v) is 3.31. The van der Waals surface area contributed by atoms with Crippen LogP contribution in [0.15, 0.2) is 23.6 Å². The standard InChI is InChI=1S/C14H13F2NO/c15-11-6-9-3-4-13(10-2-1-5-17-8-10)18-14(9)7-12(11)16/h3,6-7,10,17H,1-2,5,8H2/t10-/m1/s1. The molecule has 1 saturated heterocycles. The Morgan fingerprint density at radius 3 is 2.89 bits per heavy atom. The van der Waals surface area contributed by atoms with Gasteiger partial charge in [-0.25, -0.2) is 8.78 Å². The second kappa shape index (κ2) is 4.56. The molecule has 1 aromatic rings. The Bertz CT molecular complexity index is 541. The van der Waals surface area contributed by atoms with Gasteiger partial charge in [0.15, 0.2) is 17.4 Å². The van der Waals surface area contributed by atoms with Crippen LogP contribution < -0.4 is 10.1 Å². The molecule has 2 aliphatic rings. The fraction of sp³-hybridized carbons (Fsp3) is 0.357. The van der Waals surface area contributed by atoms with Crippen LogP contribution in [0.4, 0.5) is 8.78 Å². The molecule has 2 nitrogen and oxygen atoms in total. The lowest BCUT2D eigenvalue weighted by molar-refractivity contribution is 0.298. The first-order valence-corrected chi connectivity index (χ1v) is 6.08. The molecule has 94 valence electrons. The van der Waals surface area contributed by atoms with E-state index in [1.54, 1.807) is 6.08 Å². The van der Waals surface area contributed by atoms with E-state index in [0.717, 1.165) is 38.1 Å². The maximum absolute atomic E-state index is 13.2. The number of halogens is 2. The van der Waals surface area contributed by atoms with Crippen LogP contribution in [0.2, 0.25) is 0 Å². The van der Waals surface area contributed by atoms with Crippen LogP contribution in [0.1, 0.15) is 18.4 Å². The molecular weight excluding hydrogens is 236 g/mol. The predicted octanol–water partition coefficient (Wildman–Crippen LogP) is 2.85. The predicted molar refractivity (Wildman–Crippen MR) is 64.1 cm³/mol. The van der Waals surface area contributed by atoms with Crippen LogP contribution >= 0.6 is 0 Å². The minimum Gasteiger partial charge on any atom is -0.452 e. The summed E-state index contributed by atoms with van der Waals surface area (Å²) in [7, 11) is 0. The van der Waals surface area contributed by atoms with Gasteiger partial charge in [-0.05, 0) is 31.5 Å². The topological polar surface area (TPSA) is 21.3 Å². The first kappa shape index (κ1) is 11.5. The van der Waals surface area contributed by atoms with Gasteiger partial charge in [0.2, 0.25) is 0 Å². The van der Waals surface area contributed by atoms with Gasteiger partial charge in [0.25, 0.3) is 0 Å². The molecule has 0 saturated carbocycles. The number of fused-ring (bicyclic) bond motifs is 1. The lowest BCUT2D eigenvalue weighted by Gasteiger charge is -2.25. The Labute approximate surface area is 104 Å². The van der Waals surface area contributed by atoms with E-state index in [-0.39, 0.29) is 5.92 Å². The van der Waals surface area contributed by atoms with Crippen molar-refractivity contribution >= 4 is 6.08 Å². The highest BCUT2D eigenvalue weighted by Crippen LogP contribution is 2.31. The van der Waals surface area contributed by atoms with E-state index in [0.29, 0.717) is 17.1 Å². The summed E-state index contributed by atoms with van der Waals surface area (Å²) >= 11 is 0. The molecule has 0 bridgehead atoms. The fourth-order valence-corrected chi connectivity index (χ4v) is 2.32. The van der Waals surface area contributed by atoms with E-state index in [1.165, 1.54) is 0 Å². The number of nitrogens with one attached hydrogen (secondary N) is 1. The Balaban J connectivity index is 1.91. The molecule has 1 atom stereocenters. The van der Waals surface area contributed by atoms with E-state index >= 15 is 0 Å². The SMILES string of the molecule is Fc1cc2c(cc1F)OC([C@@H]1CCCNC1)=C=C2. The molecular formula is C14H13F2NO. The van der Waals surface area contributed by atoms with Crippen LogP contribution in [0, 0.1) is 17.6 Å². The van der Waals surface area contributed by atoms with Gasteiger partial charge in [-0.1, -0.05) is 5.73 Å². The van der Waals surface area contributed by atoms with E-state index in [9.17, 15) is 8.78 Å². The molecule has 18 heavy (non-hydrogen) atoms. The van der Waals surface area contributed by atoms with Crippen LogP contribution in [0.3, 0.4) is 0 Å². The van der Waals surface area contributed by atoms with Gasteiger partial charge in [-0.15, -0.1) is 0 Å². The summed E-state index contributed by atoms with van der Waals surface area (Å²) in [6, 6.07) is 2.23. The molecule has 0 radical (unpaired) electrons. The zero-order valence-corrected chi connectivity index (χ0v) is 9.80. The maximum atomic E-state index is 13.2. The van der Waals surface area contributed by atoms with Gasteiger partial charge in [0.1, 0.15) is 5.75 Å². The first-order chi connectivity index (χ1) is 8.74. The smallest absolute Gasteiger partial charge is 0.162 e. The molecule has 0 aliphatic carbocycles. The summed E-state index contributed by atoms with van der Waals surface area (Å²) in [5, 5.41) is 3.29. The summed E-state index contributed by atoms with van der Waals surface area (Å²) in [6.45, 7) is 1.86. The molecule has 3 rings (SSSR count). The van der Waals surface area contributed by atoms with Crippen molar-refractivity contribution in [2.75, 3.05) is 13.1 Å². The van der Waals surface area contributed by atoms with Crippen LogP contribution in [-0.2, 0) is 0 Å². The molecule has 1 N–H and O–H groups in total. The zero-order valence-electron chi connectivity index (χ0n) is 9.80. The van der Waals surface area contributed by atoms with Crippen molar-refractivity contribution in [2.24, 2.45) is 5.92 Å². The highest BCUT2D eigenvalue weighted by atomic mass is 19.2. The second-order valence-corrected chi connectivity index (χ2v) is 4.60. The van der Waals surface area contributed by atoms with Crippen LogP contribution in [-0.4, -0.2) is 13.1 Å². The number of piperidine rings is 1. The minimum absolute atomic E-state index is 0.260. The minimum atomic E-state index is -0.884. The Hall–Kier alpha value is -1.64. The molecule has 0 aromatic heterocycles. The Morgan fingerprint density at radius 2 is 2.11 bits per heavy atom. The van der Waals surface area contributed by atoms with E-state index < -0.39 is 11.6 Å². The quantitative estimate of drug-likeness (QED) is 0.773. The lowest BCUT2D eigenvalue weighted by Crippen LogP contribution is -2.32. The molecule has 0 unspecified atom stereocenters. The van der Waals surface area contributed by atoms with Crippen molar-refractivity contribution in [3.05, 3.63) is 40.8 Å². The molecule has 1 aromatic carbocycles. The van der Waals surface area contributed by atoms with Crippen LogP contribution in [0.25, 0.3) is 6.08 Å².